The summed E-state index contributed by atoms with van der Waals surface area (Å²) in [4.78, 5) is 0. The molecule has 0 spiro atoms. The second kappa shape index (κ2) is 7.33. The van der Waals surface area contributed by atoms with Crippen LogP contribution in [-0.4, -0.2) is 13.2 Å². The fourth-order valence-electron chi connectivity index (χ4n) is 1.62. The van der Waals surface area contributed by atoms with Crippen LogP contribution in [0.4, 0.5) is 0 Å². The molecule has 1 aromatic carbocycles. The lowest BCUT2D eigenvalue weighted by Crippen LogP contribution is -2.23. The third-order valence-electron chi connectivity index (χ3n) is 2.66. The molecule has 1 atom stereocenters. The Morgan fingerprint density at radius 2 is 2.00 bits per heavy atom. The van der Waals surface area contributed by atoms with Crippen molar-refractivity contribution in [1.82, 2.24) is 5.32 Å². The molecular formula is C15H25NO. The van der Waals surface area contributed by atoms with Crippen molar-refractivity contribution in [2.75, 3.05) is 13.2 Å². The molecule has 1 rings (SSSR count). The van der Waals surface area contributed by atoms with E-state index in [2.05, 4.69) is 51.2 Å². The van der Waals surface area contributed by atoms with E-state index in [-0.39, 0.29) is 0 Å². The molecule has 0 saturated heterocycles. The molecule has 17 heavy (non-hydrogen) atoms. The van der Waals surface area contributed by atoms with Gasteiger partial charge < -0.3 is 10.1 Å². The van der Waals surface area contributed by atoms with Crippen molar-refractivity contribution in [3.05, 3.63) is 29.8 Å². The summed E-state index contributed by atoms with van der Waals surface area (Å²) < 4.78 is 5.64. The van der Waals surface area contributed by atoms with Crippen molar-refractivity contribution in [3.63, 3.8) is 0 Å². The third-order valence-corrected chi connectivity index (χ3v) is 2.66. The molecule has 1 N–H and O–H groups in total. The van der Waals surface area contributed by atoms with Crippen molar-refractivity contribution in [2.24, 2.45) is 5.92 Å². The quantitative estimate of drug-likeness (QED) is 0.776. The van der Waals surface area contributed by atoms with Gasteiger partial charge in [-0.25, -0.2) is 0 Å². The largest absolute Gasteiger partial charge is 0.494 e. The Labute approximate surface area is 105 Å². The molecule has 96 valence electrons. The number of ether oxygens (including phenoxy) is 1. The zero-order chi connectivity index (χ0) is 12.7. The topological polar surface area (TPSA) is 21.3 Å². The van der Waals surface area contributed by atoms with Crippen LogP contribution in [0.3, 0.4) is 0 Å². The molecule has 0 aliphatic rings. The molecule has 2 nitrogen and oxygen atoms in total. The van der Waals surface area contributed by atoms with Crippen molar-refractivity contribution < 1.29 is 4.74 Å². The molecule has 0 aliphatic carbocycles. The van der Waals surface area contributed by atoms with Crippen LogP contribution in [0.15, 0.2) is 24.3 Å². The Morgan fingerprint density at radius 3 is 2.65 bits per heavy atom. The van der Waals surface area contributed by atoms with E-state index in [1.807, 2.05) is 6.07 Å². The normalized spacial score (nSPS) is 12.8. The first kappa shape index (κ1) is 14.0. The van der Waals surface area contributed by atoms with Crippen LogP contribution in [0.5, 0.6) is 5.75 Å². The molecular weight excluding hydrogens is 210 g/mol. The molecule has 1 unspecified atom stereocenters. The first-order valence-corrected chi connectivity index (χ1v) is 6.59. The van der Waals surface area contributed by atoms with Gasteiger partial charge in [0.1, 0.15) is 5.75 Å². The number of benzene rings is 1. The highest BCUT2D eigenvalue weighted by molar-refractivity contribution is 5.30. The summed E-state index contributed by atoms with van der Waals surface area (Å²) in [5, 5.41) is 3.53. The van der Waals surface area contributed by atoms with Crippen LogP contribution in [0.1, 0.15) is 45.7 Å². The maximum Gasteiger partial charge on any atom is 0.119 e. The second-order valence-corrected chi connectivity index (χ2v) is 4.94. The first-order valence-electron chi connectivity index (χ1n) is 6.59. The van der Waals surface area contributed by atoms with E-state index in [1.54, 1.807) is 0 Å². The molecule has 0 fully saturated rings. The summed E-state index contributed by atoms with van der Waals surface area (Å²) >= 11 is 0. The Kier molecular flexibility index (Phi) is 6.06. The minimum atomic E-state index is 0.377. The van der Waals surface area contributed by atoms with Gasteiger partial charge >= 0.3 is 0 Å². The summed E-state index contributed by atoms with van der Waals surface area (Å²) in [5.41, 5.74) is 1.29. The lowest BCUT2D eigenvalue weighted by molar-refractivity contribution is 0.316. The van der Waals surface area contributed by atoms with E-state index in [9.17, 15) is 0 Å². The molecule has 2 heteroatoms. The van der Waals surface area contributed by atoms with Crippen molar-refractivity contribution in [1.29, 1.82) is 0 Å². The van der Waals surface area contributed by atoms with Crippen LogP contribution in [0, 0.1) is 5.92 Å². The maximum atomic E-state index is 5.64. The number of nitrogens with one attached hydrogen (secondary N) is 1. The zero-order valence-corrected chi connectivity index (χ0v) is 11.5. The van der Waals surface area contributed by atoms with Gasteiger partial charge in [0, 0.05) is 6.04 Å². The van der Waals surface area contributed by atoms with Gasteiger partial charge in [0.15, 0.2) is 0 Å². The van der Waals surface area contributed by atoms with Gasteiger partial charge in [-0.1, -0.05) is 32.9 Å². The van der Waals surface area contributed by atoms with Crippen LogP contribution in [-0.2, 0) is 0 Å². The molecule has 0 heterocycles. The van der Waals surface area contributed by atoms with Crippen LogP contribution < -0.4 is 10.1 Å². The Hall–Kier alpha value is -1.02. The van der Waals surface area contributed by atoms with E-state index in [0.717, 1.165) is 25.3 Å². The van der Waals surface area contributed by atoms with E-state index < -0.39 is 0 Å². The van der Waals surface area contributed by atoms with Gasteiger partial charge in [-0.2, -0.15) is 0 Å². The van der Waals surface area contributed by atoms with Gasteiger partial charge in [0.2, 0.25) is 0 Å². The van der Waals surface area contributed by atoms with Gasteiger partial charge in [-0.05, 0) is 43.5 Å². The predicted molar refractivity (Wildman–Crippen MR) is 73.5 cm³/mol. The lowest BCUT2D eigenvalue weighted by atomic mass is 10.1. The SMILES string of the molecule is CCCOc1cccc(C(C)NCC(C)C)c1. The minimum Gasteiger partial charge on any atom is -0.494 e. The number of rotatable bonds is 7. The Morgan fingerprint density at radius 1 is 1.24 bits per heavy atom. The number of hydrogen-bond donors (Lipinski definition) is 1. The predicted octanol–water partition coefficient (Wildman–Crippen LogP) is 3.78. The lowest BCUT2D eigenvalue weighted by Gasteiger charge is -2.16. The van der Waals surface area contributed by atoms with E-state index in [0.29, 0.717) is 12.0 Å². The summed E-state index contributed by atoms with van der Waals surface area (Å²) in [6, 6.07) is 8.75. The maximum absolute atomic E-state index is 5.64. The molecule has 0 aliphatic heterocycles. The van der Waals surface area contributed by atoms with Gasteiger partial charge in [0.25, 0.3) is 0 Å². The monoisotopic (exact) mass is 235 g/mol. The highest BCUT2D eigenvalue weighted by Gasteiger charge is 2.06. The van der Waals surface area contributed by atoms with Gasteiger partial charge in [-0.15, -0.1) is 0 Å². The highest BCUT2D eigenvalue weighted by Crippen LogP contribution is 2.19. The first-order chi connectivity index (χ1) is 8.13. The zero-order valence-electron chi connectivity index (χ0n) is 11.5. The van der Waals surface area contributed by atoms with Crippen molar-refractivity contribution in [2.45, 2.75) is 40.2 Å². The minimum absolute atomic E-state index is 0.377. The highest BCUT2D eigenvalue weighted by atomic mass is 16.5. The van der Waals surface area contributed by atoms with Crippen LogP contribution >= 0.6 is 0 Å². The molecule has 0 aromatic heterocycles. The summed E-state index contributed by atoms with van der Waals surface area (Å²) in [6.45, 7) is 10.6. The molecule has 0 saturated carbocycles. The number of hydrogen-bond acceptors (Lipinski definition) is 2. The second-order valence-electron chi connectivity index (χ2n) is 4.94. The van der Waals surface area contributed by atoms with Crippen LogP contribution in [0.25, 0.3) is 0 Å². The summed E-state index contributed by atoms with van der Waals surface area (Å²) in [6.07, 6.45) is 1.05. The fraction of sp³-hybridized carbons (Fsp3) is 0.600. The van der Waals surface area contributed by atoms with Gasteiger partial charge in [0.05, 0.1) is 6.61 Å². The fourth-order valence-corrected chi connectivity index (χ4v) is 1.62. The van der Waals surface area contributed by atoms with Gasteiger partial charge in [-0.3, -0.25) is 0 Å². The average Bonchev–Trinajstić information content (AvgIpc) is 2.33. The van der Waals surface area contributed by atoms with E-state index >= 15 is 0 Å². The van der Waals surface area contributed by atoms with E-state index in [1.165, 1.54) is 5.56 Å². The standard InChI is InChI=1S/C15H25NO/c1-5-9-17-15-8-6-7-14(10-15)13(4)16-11-12(2)3/h6-8,10,12-13,16H,5,9,11H2,1-4H3. The van der Waals surface area contributed by atoms with E-state index in [4.69, 9.17) is 4.74 Å². The van der Waals surface area contributed by atoms with Crippen molar-refractivity contribution in [3.8, 4) is 5.75 Å². The average molecular weight is 235 g/mol. The molecule has 0 amide bonds. The molecule has 0 bridgehead atoms. The molecule has 0 radical (unpaired) electrons. The van der Waals surface area contributed by atoms with Crippen LogP contribution in [0.2, 0.25) is 0 Å². The Balaban J connectivity index is 2.57. The summed E-state index contributed by atoms with van der Waals surface area (Å²) in [5.74, 6) is 1.65. The van der Waals surface area contributed by atoms with Crippen molar-refractivity contribution >= 4 is 0 Å². The summed E-state index contributed by atoms with van der Waals surface area (Å²) in [7, 11) is 0. The smallest absolute Gasteiger partial charge is 0.119 e. The molecule has 1 aromatic rings. The Bertz CT molecular complexity index is 322. The third kappa shape index (κ3) is 5.22.